The van der Waals surface area contributed by atoms with E-state index < -0.39 is 0 Å². The Bertz CT molecular complexity index is 368. The second kappa shape index (κ2) is 3.01. The van der Waals surface area contributed by atoms with Crippen molar-refractivity contribution >= 4 is 11.5 Å². The monoisotopic (exact) mass is 191 g/mol. The normalized spacial score (nSPS) is 18.9. The van der Waals surface area contributed by atoms with E-state index in [1.807, 2.05) is 19.1 Å². The van der Waals surface area contributed by atoms with E-state index >= 15 is 0 Å². The van der Waals surface area contributed by atoms with Gasteiger partial charge in [-0.15, -0.1) is 0 Å². The number of hydrogen-bond donors (Lipinski definition) is 1. The average Bonchev–Trinajstić information content (AvgIpc) is 2.57. The van der Waals surface area contributed by atoms with Crippen molar-refractivity contribution in [2.24, 2.45) is 0 Å². The summed E-state index contributed by atoms with van der Waals surface area (Å²) in [6.07, 6.45) is 0.270. The predicted octanol–water partition coefficient (Wildman–Crippen LogP) is 1.47. The minimum absolute atomic E-state index is 0.0556. The fourth-order valence-corrected chi connectivity index (χ4v) is 1.73. The fraction of sp³-hybridized carbons (Fsp3) is 0.364. The number of Topliss-reactive ketones (excluding diaryl/α,β-unsaturated/α-hetero) is 1. The third-order valence-electron chi connectivity index (χ3n) is 2.60. The van der Waals surface area contributed by atoms with Crippen LogP contribution in [0.5, 0.6) is 5.75 Å². The van der Waals surface area contributed by atoms with Gasteiger partial charge in [0.05, 0.1) is 0 Å². The molecule has 14 heavy (non-hydrogen) atoms. The first-order chi connectivity index (χ1) is 6.59. The van der Waals surface area contributed by atoms with Crippen LogP contribution in [-0.4, -0.2) is 11.9 Å². The van der Waals surface area contributed by atoms with Gasteiger partial charge in [0.15, 0.2) is 11.9 Å². The number of benzene rings is 1. The Morgan fingerprint density at radius 2 is 2.29 bits per heavy atom. The van der Waals surface area contributed by atoms with E-state index in [4.69, 9.17) is 10.5 Å². The van der Waals surface area contributed by atoms with Crippen molar-refractivity contribution < 1.29 is 9.53 Å². The number of anilines is 1. The highest BCUT2D eigenvalue weighted by atomic mass is 16.5. The van der Waals surface area contributed by atoms with Crippen LogP contribution in [0.25, 0.3) is 0 Å². The molecule has 1 aliphatic rings. The second-order valence-electron chi connectivity index (χ2n) is 3.70. The zero-order chi connectivity index (χ0) is 10.3. The fourth-order valence-electron chi connectivity index (χ4n) is 1.73. The van der Waals surface area contributed by atoms with Crippen LogP contribution >= 0.6 is 0 Å². The van der Waals surface area contributed by atoms with E-state index in [0.29, 0.717) is 12.1 Å². The van der Waals surface area contributed by atoms with E-state index in [9.17, 15) is 4.79 Å². The second-order valence-corrected chi connectivity index (χ2v) is 3.70. The van der Waals surface area contributed by atoms with Gasteiger partial charge in [-0.1, -0.05) is 6.07 Å². The topological polar surface area (TPSA) is 52.3 Å². The van der Waals surface area contributed by atoms with Crippen molar-refractivity contribution in [3.05, 3.63) is 23.3 Å². The molecule has 1 aromatic carbocycles. The maximum absolute atomic E-state index is 11.2. The molecule has 3 heteroatoms. The molecule has 1 atom stereocenters. The van der Waals surface area contributed by atoms with E-state index in [1.165, 1.54) is 0 Å². The van der Waals surface area contributed by atoms with Crippen molar-refractivity contribution in [3.8, 4) is 5.75 Å². The van der Waals surface area contributed by atoms with Gasteiger partial charge in [0.25, 0.3) is 0 Å². The Kier molecular flexibility index (Phi) is 1.95. The van der Waals surface area contributed by atoms with Crippen LogP contribution in [-0.2, 0) is 11.2 Å². The van der Waals surface area contributed by atoms with Gasteiger partial charge in [-0.3, -0.25) is 4.79 Å². The summed E-state index contributed by atoms with van der Waals surface area (Å²) in [5.74, 6) is 0.852. The standard InChI is InChI=1S/C11H13NO2/c1-6-3-4-9(12)8-5-10(7(2)13)14-11(6)8/h3-4,10H,5,12H2,1-2H3. The predicted molar refractivity (Wildman–Crippen MR) is 54.4 cm³/mol. The molecular formula is C11H13NO2. The number of nitrogens with two attached hydrogens (primary N) is 1. The van der Waals surface area contributed by atoms with Gasteiger partial charge < -0.3 is 10.5 Å². The SMILES string of the molecule is CC(=O)C1Cc2c(N)ccc(C)c2O1. The number of ketones is 1. The Morgan fingerprint density at radius 3 is 2.86 bits per heavy atom. The highest BCUT2D eigenvalue weighted by Gasteiger charge is 2.29. The summed E-state index contributed by atoms with van der Waals surface area (Å²) in [4.78, 5) is 11.2. The van der Waals surface area contributed by atoms with Crippen LogP contribution in [0.3, 0.4) is 0 Å². The average molecular weight is 191 g/mol. The molecule has 2 rings (SSSR count). The van der Waals surface area contributed by atoms with Crippen LogP contribution in [0, 0.1) is 6.92 Å². The van der Waals surface area contributed by atoms with E-state index in [-0.39, 0.29) is 11.9 Å². The van der Waals surface area contributed by atoms with Crippen molar-refractivity contribution in [2.45, 2.75) is 26.4 Å². The molecule has 1 heterocycles. The Labute approximate surface area is 82.9 Å². The van der Waals surface area contributed by atoms with Crippen LogP contribution in [0.15, 0.2) is 12.1 Å². The maximum atomic E-state index is 11.2. The van der Waals surface area contributed by atoms with Crippen molar-refractivity contribution in [1.82, 2.24) is 0 Å². The number of aryl methyl sites for hydroxylation is 1. The van der Waals surface area contributed by atoms with E-state index in [2.05, 4.69) is 0 Å². The molecule has 1 unspecified atom stereocenters. The first kappa shape index (κ1) is 9.06. The summed E-state index contributed by atoms with van der Waals surface area (Å²) < 4.78 is 5.55. The lowest BCUT2D eigenvalue weighted by Gasteiger charge is -2.07. The number of hydrogen-bond acceptors (Lipinski definition) is 3. The summed E-state index contributed by atoms with van der Waals surface area (Å²) in [7, 11) is 0. The van der Waals surface area contributed by atoms with Crippen LogP contribution in [0.1, 0.15) is 18.1 Å². The minimum atomic E-state index is -0.339. The van der Waals surface area contributed by atoms with Gasteiger partial charge in [-0.2, -0.15) is 0 Å². The molecule has 1 aromatic rings. The largest absolute Gasteiger partial charge is 0.482 e. The van der Waals surface area contributed by atoms with E-state index in [0.717, 1.165) is 16.9 Å². The molecular weight excluding hydrogens is 178 g/mol. The number of carbonyl (C=O) groups excluding carboxylic acids is 1. The molecule has 0 spiro atoms. The Hall–Kier alpha value is -1.51. The van der Waals surface area contributed by atoms with Crippen LogP contribution < -0.4 is 10.5 Å². The Morgan fingerprint density at radius 1 is 1.57 bits per heavy atom. The van der Waals surface area contributed by atoms with Gasteiger partial charge in [0.2, 0.25) is 0 Å². The molecule has 2 N–H and O–H groups in total. The van der Waals surface area contributed by atoms with Crippen molar-refractivity contribution in [3.63, 3.8) is 0 Å². The van der Waals surface area contributed by atoms with Crippen LogP contribution in [0.2, 0.25) is 0 Å². The molecule has 0 amide bonds. The lowest BCUT2D eigenvalue weighted by molar-refractivity contribution is -0.122. The molecule has 0 aromatic heterocycles. The number of nitrogen functional groups attached to an aromatic ring is 1. The number of carbonyl (C=O) groups is 1. The smallest absolute Gasteiger partial charge is 0.170 e. The molecule has 3 nitrogen and oxygen atoms in total. The molecule has 0 aliphatic carbocycles. The summed E-state index contributed by atoms with van der Waals surface area (Å²) in [6.45, 7) is 3.50. The number of ether oxygens (including phenoxy) is 1. The summed E-state index contributed by atoms with van der Waals surface area (Å²) >= 11 is 0. The molecule has 0 radical (unpaired) electrons. The molecule has 1 aliphatic heterocycles. The van der Waals surface area contributed by atoms with Gasteiger partial charge in [-0.25, -0.2) is 0 Å². The highest BCUT2D eigenvalue weighted by Crippen LogP contribution is 2.36. The molecule has 0 saturated heterocycles. The van der Waals surface area contributed by atoms with Crippen LogP contribution in [0.4, 0.5) is 5.69 Å². The first-order valence-electron chi connectivity index (χ1n) is 4.64. The summed E-state index contributed by atoms with van der Waals surface area (Å²) in [5, 5.41) is 0. The van der Waals surface area contributed by atoms with Crippen molar-refractivity contribution in [2.75, 3.05) is 5.73 Å². The molecule has 0 bridgehead atoms. The lowest BCUT2D eigenvalue weighted by Crippen LogP contribution is -2.22. The van der Waals surface area contributed by atoms with Gasteiger partial charge in [0.1, 0.15) is 5.75 Å². The zero-order valence-corrected chi connectivity index (χ0v) is 8.33. The summed E-state index contributed by atoms with van der Waals surface area (Å²) in [5.41, 5.74) is 8.55. The third kappa shape index (κ3) is 1.25. The highest BCUT2D eigenvalue weighted by molar-refractivity contribution is 5.83. The number of fused-ring (bicyclic) bond motifs is 1. The molecule has 0 fully saturated rings. The first-order valence-corrected chi connectivity index (χ1v) is 4.64. The van der Waals surface area contributed by atoms with E-state index in [1.54, 1.807) is 6.92 Å². The quantitative estimate of drug-likeness (QED) is 0.684. The number of rotatable bonds is 1. The van der Waals surface area contributed by atoms with Gasteiger partial charge in [-0.05, 0) is 25.5 Å². The van der Waals surface area contributed by atoms with Crippen molar-refractivity contribution in [1.29, 1.82) is 0 Å². The summed E-state index contributed by atoms with van der Waals surface area (Å²) in [6, 6.07) is 3.77. The minimum Gasteiger partial charge on any atom is -0.482 e. The van der Waals surface area contributed by atoms with Gasteiger partial charge >= 0.3 is 0 Å². The molecule has 74 valence electrons. The maximum Gasteiger partial charge on any atom is 0.170 e. The zero-order valence-electron chi connectivity index (χ0n) is 8.33. The van der Waals surface area contributed by atoms with Gasteiger partial charge in [0, 0.05) is 17.7 Å². The lowest BCUT2D eigenvalue weighted by atomic mass is 10.0. The molecule has 0 saturated carbocycles. The Balaban J connectivity index is 2.43. The third-order valence-corrected chi connectivity index (χ3v) is 2.60.